The Kier molecular flexibility index (Phi) is 3.51. The van der Waals surface area contributed by atoms with Gasteiger partial charge in [0.2, 0.25) is 15.0 Å². The van der Waals surface area contributed by atoms with E-state index in [1.54, 1.807) is 0 Å². The Morgan fingerprint density at radius 3 is 2.87 bits per heavy atom. The number of nitrogens with zero attached hydrogens (tertiary/aromatic N) is 2. The first kappa shape index (κ1) is 12.2. The quantitative estimate of drug-likeness (QED) is 0.741. The highest BCUT2D eigenvalue weighted by molar-refractivity contribution is 7.90. The molecule has 1 aliphatic heterocycles. The minimum atomic E-state index is -3.29. The van der Waals surface area contributed by atoms with Gasteiger partial charge < -0.3 is 5.32 Å². The molecule has 0 saturated heterocycles. The van der Waals surface area contributed by atoms with E-state index in [9.17, 15) is 8.42 Å². The van der Waals surface area contributed by atoms with Crippen LogP contribution in [0, 0.1) is 0 Å². The zero-order valence-electron chi connectivity index (χ0n) is 8.23. The van der Waals surface area contributed by atoms with Crippen molar-refractivity contribution >= 4 is 27.9 Å². The summed E-state index contributed by atoms with van der Waals surface area (Å²) in [4.78, 5) is 7.82. The molecule has 0 aromatic carbocycles. The maximum Gasteiger partial charge on any atom is 0.247 e. The highest BCUT2D eigenvalue weighted by Crippen LogP contribution is 2.19. The van der Waals surface area contributed by atoms with Crippen molar-refractivity contribution < 1.29 is 8.42 Å². The van der Waals surface area contributed by atoms with Crippen LogP contribution < -0.4 is 5.32 Å². The van der Waals surface area contributed by atoms with E-state index < -0.39 is 9.84 Å². The first-order valence-electron chi connectivity index (χ1n) is 4.37. The van der Waals surface area contributed by atoms with Gasteiger partial charge in [-0.2, -0.15) is 0 Å². The first-order chi connectivity index (χ1) is 6.57. The van der Waals surface area contributed by atoms with Crippen molar-refractivity contribution in [3.63, 3.8) is 0 Å². The Bertz CT molecular complexity index is 461. The number of hydrogen-bond acceptors (Lipinski definition) is 5. The zero-order valence-corrected chi connectivity index (χ0v) is 9.86. The third-order valence-electron chi connectivity index (χ3n) is 2.08. The van der Waals surface area contributed by atoms with Gasteiger partial charge in [0.05, 0.1) is 17.6 Å². The molecule has 1 aromatic rings. The maximum atomic E-state index is 11.2. The van der Waals surface area contributed by atoms with Crippen LogP contribution in [0.15, 0.2) is 11.4 Å². The van der Waals surface area contributed by atoms with Gasteiger partial charge in [-0.05, 0) is 12.8 Å². The smallest absolute Gasteiger partial charge is 0.247 e. The Balaban J connectivity index is 0.00000112. The summed E-state index contributed by atoms with van der Waals surface area (Å²) in [5, 5.41) is 3.04. The third-order valence-corrected chi connectivity index (χ3v) is 2.94. The SMILES string of the molecule is CS(=O)(=O)c1ncc2c(n1)CCCN2.Cl. The fourth-order valence-electron chi connectivity index (χ4n) is 1.39. The van der Waals surface area contributed by atoms with E-state index in [4.69, 9.17) is 0 Å². The van der Waals surface area contributed by atoms with E-state index in [0.717, 1.165) is 37.0 Å². The molecule has 1 aromatic heterocycles. The largest absolute Gasteiger partial charge is 0.382 e. The standard InChI is InChI=1S/C8H11N3O2S.ClH/c1-14(12,13)8-10-5-7-6(11-8)3-2-4-9-7;/h5,9H,2-4H2,1H3;1H. The normalized spacial score (nSPS) is 14.7. The lowest BCUT2D eigenvalue weighted by Gasteiger charge is -2.16. The molecule has 0 unspecified atom stereocenters. The van der Waals surface area contributed by atoms with Gasteiger partial charge in [0.15, 0.2) is 0 Å². The number of halogens is 1. The molecule has 0 radical (unpaired) electrons. The number of rotatable bonds is 1. The van der Waals surface area contributed by atoms with Crippen LogP contribution in [-0.2, 0) is 16.3 Å². The highest BCUT2D eigenvalue weighted by atomic mass is 35.5. The molecule has 0 fully saturated rings. The first-order valence-corrected chi connectivity index (χ1v) is 6.26. The lowest BCUT2D eigenvalue weighted by atomic mass is 10.1. The summed E-state index contributed by atoms with van der Waals surface area (Å²) in [7, 11) is -3.29. The van der Waals surface area contributed by atoms with Gasteiger partial charge in [-0.15, -0.1) is 12.4 Å². The van der Waals surface area contributed by atoms with Crippen LogP contribution >= 0.6 is 12.4 Å². The number of aromatic nitrogens is 2. The molecule has 0 saturated carbocycles. The van der Waals surface area contributed by atoms with Crippen molar-refractivity contribution in [1.29, 1.82) is 0 Å². The molecule has 0 bridgehead atoms. The molecule has 84 valence electrons. The summed E-state index contributed by atoms with van der Waals surface area (Å²) in [6, 6.07) is 0. The van der Waals surface area contributed by atoms with Gasteiger partial charge in [-0.3, -0.25) is 0 Å². The molecule has 1 aliphatic rings. The second-order valence-corrected chi connectivity index (χ2v) is 5.22. The van der Waals surface area contributed by atoms with Gasteiger partial charge in [-0.25, -0.2) is 18.4 Å². The summed E-state index contributed by atoms with van der Waals surface area (Å²) in [6.45, 7) is 0.897. The van der Waals surface area contributed by atoms with Crippen LogP contribution in [-0.4, -0.2) is 31.2 Å². The Hall–Kier alpha value is -0.880. The van der Waals surface area contributed by atoms with Crippen LogP contribution in [0.3, 0.4) is 0 Å². The molecule has 2 rings (SSSR count). The number of hydrogen-bond donors (Lipinski definition) is 1. The lowest BCUT2D eigenvalue weighted by molar-refractivity contribution is 0.591. The van der Waals surface area contributed by atoms with Crippen LogP contribution in [0.5, 0.6) is 0 Å². The molecule has 5 nitrogen and oxygen atoms in total. The molecular formula is C8H12ClN3O2S. The van der Waals surface area contributed by atoms with E-state index in [1.807, 2.05) is 0 Å². The van der Waals surface area contributed by atoms with Crippen LogP contribution in [0.4, 0.5) is 5.69 Å². The average Bonchev–Trinajstić information content (AvgIpc) is 2.16. The molecule has 0 aliphatic carbocycles. The number of anilines is 1. The topological polar surface area (TPSA) is 72.0 Å². The van der Waals surface area contributed by atoms with E-state index >= 15 is 0 Å². The molecule has 0 amide bonds. The predicted molar refractivity (Wildman–Crippen MR) is 59.2 cm³/mol. The Labute approximate surface area is 94.7 Å². The van der Waals surface area contributed by atoms with Crippen molar-refractivity contribution in [3.8, 4) is 0 Å². The molecule has 2 heterocycles. The average molecular weight is 250 g/mol. The second-order valence-electron chi connectivity index (χ2n) is 3.32. The number of sulfone groups is 1. The van der Waals surface area contributed by atoms with Crippen molar-refractivity contribution in [2.75, 3.05) is 18.1 Å². The summed E-state index contributed by atoms with van der Waals surface area (Å²) < 4.78 is 22.3. The molecule has 0 spiro atoms. The Morgan fingerprint density at radius 1 is 1.47 bits per heavy atom. The lowest BCUT2D eigenvalue weighted by Crippen LogP contribution is -2.16. The van der Waals surface area contributed by atoms with Crippen LogP contribution in [0.25, 0.3) is 0 Å². The maximum absolute atomic E-state index is 11.2. The Morgan fingerprint density at radius 2 is 2.20 bits per heavy atom. The van der Waals surface area contributed by atoms with Crippen molar-refractivity contribution in [3.05, 3.63) is 11.9 Å². The minimum Gasteiger partial charge on any atom is -0.382 e. The number of fused-ring (bicyclic) bond motifs is 1. The van der Waals surface area contributed by atoms with E-state index in [0.29, 0.717) is 0 Å². The van der Waals surface area contributed by atoms with Crippen molar-refractivity contribution in [1.82, 2.24) is 9.97 Å². The monoisotopic (exact) mass is 249 g/mol. The van der Waals surface area contributed by atoms with E-state index in [2.05, 4.69) is 15.3 Å². The van der Waals surface area contributed by atoms with Crippen LogP contribution in [0.2, 0.25) is 0 Å². The van der Waals surface area contributed by atoms with Gasteiger partial charge in [0.1, 0.15) is 0 Å². The molecule has 7 heteroatoms. The fourth-order valence-corrected chi connectivity index (χ4v) is 1.91. The fraction of sp³-hybridized carbons (Fsp3) is 0.500. The summed E-state index contributed by atoms with van der Waals surface area (Å²) in [6.07, 6.45) is 4.45. The third kappa shape index (κ3) is 2.57. The molecule has 0 atom stereocenters. The predicted octanol–water partition coefficient (Wildman–Crippen LogP) is 0.660. The highest BCUT2D eigenvalue weighted by Gasteiger charge is 2.16. The minimum absolute atomic E-state index is 0. The summed E-state index contributed by atoms with van der Waals surface area (Å²) in [5.74, 6) is 0. The molecular weight excluding hydrogens is 238 g/mol. The van der Waals surface area contributed by atoms with Crippen molar-refractivity contribution in [2.24, 2.45) is 0 Å². The van der Waals surface area contributed by atoms with E-state index in [1.165, 1.54) is 6.20 Å². The van der Waals surface area contributed by atoms with Gasteiger partial charge >= 0.3 is 0 Å². The zero-order chi connectivity index (χ0) is 10.2. The van der Waals surface area contributed by atoms with Crippen molar-refractivity contribution in [2.45, 2.75) is 18.0 Å². The van der Waals surface area contributed by atoms with Gasteiger partial charge in [-0.1, -0.05) is 0 Å². The second kappa shape index (κ2) is 4.32. The van der Waals surface area contributed by atoms with Gasteiger partial charge in [0.25, 0.3) is 0 Å². The summed E-state index contributed by atoms with van der Waals surface area (Å²) in [5.41, 5.74) is 1.65. The summed E-state index contributed by atoms with van der Waals surface area (Å²) >= 11 is 0. The van der Waals surface area contributed by atoms with Gasteiger partial charge in [0, 0.05) is 12.8 Å². The number of nitrogens with one attached hydrogen (secondary N) is 1. The molecule has 15 heavy (non-hydrogen) atoms. The van der Waals surface area contributed by atoms with E-state index in [-0.39, 0.29) is 17.6 Å². The number of aryl methyl sites for hydroxylation is 1. The van der Waals surface area contributed by atoms with Crippen LogP contribution in [0.1, 0.15) is 12.1 Å². The molecule has 1 N–H and O–H groups in total.